The van der Waals surface area contributed by atoms with E-state index in [1.165, 1.54) is 19.3 Å². The summed E-state index contributed by atoms with van der Waals surface area (Å²) in [6, 6.07) is 5.13. The molecule has 1 N–H and O–H groups in total. The van der Waals surface area contributed by atoms with Crippen LogP contribution in [0.2, 0.25) is 0 Å². The van der Waals surface area contributed by atoms with Crippen LogP contribution < -0.4 is 4.74 Å². The van der Waals surface area contributed by atoms with Crippen molar-refractivity contribution in [2.24, 2.45) is 0 Å². The quantitative estimate of drug-likeness (QED) is 0.920. The van der Waals surface area contributed by atoms with E-state index in [0.717, 1.165) is 29.0 Å². The lowest BCUT2D eigenvalue weighted by atomic mass is 9.93. The van der Waals surface area contributed by atoms with E-state index in [9.17, 15) is 5.11 Å². The summed E-state index contributed by atoms with van der Waals surface area (Å²) >= 11 is 0. The molecule has 1 aromatic carbocycles. The molecule has 0 saturated carbocycles. The zero-order chi connectivity index (χ0) is 15.6. The van der Waals surface area contributed by atoms with E-state index in [2.05, 4.69) is 32.6 Å². The molecule has 1 aliphatic heterocycles. The molecule has 1 aromatic rings. The second kappa shape index (κ2) is 6.80. The van der Waals surface area contributed by atoms with Gasteiger partial charge >= 0.3 is 0 Å². The standard InChI is InChI=1S/C18H29NO2/c1-12-9-16(21-5)10-13(2)18(12)17(20)11-19-14(3)7-6-8-15(19)4/h9-10,14-15,17,20H,6-8,11H2,1-5H3. The highest BCUT2D eigenvalue weighted by molar-refractivity contribution is 5.42. The molecule has 3 heteroatoms. The zero-order valence-electron chi connectivity index (χ0n) is 14.0. The second-order valence-electron chi connectivity index (χ2n) is 6.52. The van der Waals surface area contributed by atoms with E-state index in [0.29, 0.717) is 12.1 Å². The Morgan fingerprint density at radius 1 is 1.19 bits per heavy atom. The van der Waals surface area contributed by atoms with Crippen LogP contribution in [0.3, 0.4) is 0 Å². The molecule has 1 saturated heterocycles. The highest BCUT2D eigenvalue weighted by Crippen LogP contribution is 2.30. The van der Waals surface area contributed by atoms with Gasteiger partial charge in [0.15, 0.2) is 0 Å². The van der Waals surface area contributed by atoms with Gasteiger partial charge in [0, 0.05) is 18.6 Å². The molecule has 0 aliphatic carbocycles. The number of methoxy groups -OCH3 is 1. The minimum absolute atomic E-state index is 0.432. The number of likely N-dealkylation sites (tertiary alicyclic amines) is 1. The van der Waals surface area contributed by atoms with Crippen LogP contribution in [0, 0.1) is 13.8 Å². The van der Waals surface area contributed by atoms with Gasteiger partial charge in [-0.2, -0.15) is 0 Å². The van der Waals surface area contributed by atoms with Gasteiger partial charge in [-0.25, -0.2) is 0 Å². The van der Waals surface area contributed by atoms with E-state index >= 15 is 0 Å². The lowest BCUT2D eigenvalue weighted by Crippen LogP contribution is -2.45. The molecule has 0 spiro atoms. The highest BCUT2D eigenvalue weighted by Gasteiger charge is 2.27. The number of β-amino-alcohol motifs (C(OH)–C–C–N with tert-alkyl or cyclic N) is 1. The molecule has 2 rings (SSSR count). The first-order valence-electron chi connectivity index (χ1n) is 8.03. The van der Waals surface area contributed by atoms with E-state index in [4.69, 9.17) is 4.74 Å². The first-order valence-corrected chi connectivity index (χ1v) is 8.03. The summed E-state index contributed by atoms with van der Waals surface area (Å²) in [5.41, 5.74) is 3.27. The zero-order valence-corrected chi connectivity index (χ0v) is 14.0. The minimum Gasteiger partial charge on any atom is -0.497 e. The average molecular weight is 291 g/mol. The molecular weight excluding hydrogens is 262 g/mol. The van der Waals surface area contributed by atoms with Crippen molar-refractivity contribution in [1.82, 2.24) is 4.90 Å². The van der Waals surface area contributed by atoms with Gasteiger partial charge in [-0.15, -0.1) is 0 Å². The lowest BCUT2D eigenvalue weighted by molar-refractivity contribution is 0.0407. The van der Waals surface area contributed by atoms with Gasteiger partial charge < -0.3 is 9.84 Å². The largest absolute Gasteiger partial charge is 0.497 e. The molecule has 3 unspecified atom stereocenters. The van der Waals surface area contributed by atoms with Crippen LogP contribution in [0.1, 0.15) is 55.9 Å². The summed E-state index contributed by atoms with van der Waals surface area (Å²) in [6.07, 6.45) is 3.34. The molecule has 118 valence electrons. The Labute approximate surface area is 128 Å². The Balaban J connectivity index is 2.18. The number of nitrogens with zero attached hydrogens (tertiary/aromatic N) is 1. The minimum atomic E-state index is -0.432. The van der Waals surface area contributed by atoms with Gasteiger partial charge in [0.1, 0.15) is 5.75 Å². The number of piperidine rings is 1. The van der Waals surface area contributed by atoms with Crippen LogP contribution in [0.15, 0.2) is 12.1 Å². The van der Waals surface area contributed by atoms with E-state index < -0.39 is 6.10 Å². The predicted molar refractivity (Wildman–Crippen MR) is 86.9 cm³/mol. The third-order valence-corrected chi connectivity index (χ3v) is 4.90. The van der Waals surface area contributed by atoms with E-state index in [1.807, 2.05) is 12.1 Å². The second-order valence-corrected chi connectivity index (χ2v) is 6.52. The third kappa shape index (κ3) is 3.58. The van der Waals surface area contributed by atoms with Crippen LogP contribution in [0.25, 0.3) is 0 Å². The average Bonchev–Trinajstić information content (AvgIpc) is 2.42. The molecule has 1 fully saturated rings. The summed E-state index contributed by atoms with van der Waals surface area (Å²) < 4.78 is 5.30. The van der Waals surface area contributed by atoms with Crippen molar-refractivity contribution in [2.45, 2.75) is 65.1 Å². The monoisotopic (exact) mass is 291 g/mol. The van der Waals surface area contributed by atoms with Crippen molar-refractivity contribution in [3.8, 4) is 5.75 Å². The number of benzene rings is 1. The van der Waals surface area contributed by atoms with Crippen molar-refractivity contribution in [2.75, 3.05) is 13.7 Å². The molecule has 0 amide bonds. The predicted octanol–water partition coefficient (Wildman–Crippen LogP) is 3.61. The molecule has 0 radical (unpaired) electrons. The molecule has 3 atom stereocenters. The summed E-state index contributed by atoms with van der Waals surface area (Å²) in [5.74, 6) is 0.862. The van der Waals surface area contributed by atoms with Gasteiger partial charge in [-0.05, 0) is 69.4 Å². The summed E-state index contributed by atoms with van der Waals surface area (Å²) in [7, 11) is 1.68. The normalized spacial score (nSPS) is 24.9. The fourth-order valence-corrected chi connectivity index (χ4v) is 3.70. The molecule has 0 bridgehead atoms. The molecule has 3 nitrogen and oxygen atoms in total. The Morgan fingerprint density at radius 2 is 1.71 bits per heavy atom. The maximum Gasteiger partial charge on any atom is 0.119 e. The number of rotatable bonds is 4. The van der Waals surface area contributed by atoms with Gasteiger partial charge in [-0.1, -0.05) is 6.42 Å². The topological polar surface area (TPSA) is 32.7 Å². The first-order chi connectivity index (χ1) is 9.93. The van der Waals surface area contributed by atoms with Crippen molar-refractivity contribution in [3.63, 3.8) is 0 Å². The number of hydrogen-bond donors (Lipinski definition) is 1. The van der Waals surface area contributed by atoms with Crippen LogP contribution in [0.4, 0.5) is 0 Å². The number of aliphatic hydroxyl groups is 1. The Kier molecular flexibility index (Phi) is 5.28. The Bertz CT molecular complexity index is 453. The van der Waals surface area contributed by atoms with Crippen LogP contribution >= 0.6 is 0 Å². The molecular formula is C18H29NO2. The fourth-order valence-electron chi connectivity index (χ4n) is 3.70. The van der Waals surface area contributed by atoms with Crippen molar-refractivity contribution < 1.29 is 9.84 Å². The summed E-state index contributed by atoms with van der Waals surface area (Å²) in [4.78, 5) is 2.46. The van der Waals surface area contributed by atoms with Crippen molar-refractivity contribution >= 4 is 0 Å². The van der Waals surface area contributed by atoms with E-state index in [1.54, 1.807) is 7.11 Å². The summed E-state index contributed by atoms with van der Waals surface area (Å²) in [5, 5.41) is 10.8. The number of aliphatic hydroxyl groups excluding tert-OH is 1. The molecule has 0 aromatic heterocycles. The van der Waals surface area contributed by atoms with Crippen LogP contribution in [-0.4, -0.2) is 35.7 Å². The van der Waals surface area contributed by atoms with Gasteiger partial charge in [0.05, 0.1) is 13.2 Å². The van der Waals surface area contributed by atoms with Gasteiger partial charge in [-0.3, -0.25) is 4.90 Å². The Hall–Kier alpha value is -1.06. The maximum atomic E-state index is 10.8. The smallest absolute Gasteiger partial charge is 0.119 e. The van der Waals surface area contributed by atoms with Gasteiger partial charge in [0.2, 0.25) is 0 Å². The maximum absolute atomic E-state index is 10.8. The van der Waals surface area contributed by atoms with E-state index in [-0.39, 0.29) is 0 Å². The first kappa shape index (κ1) is 16.3. The highest BCUT2D eigenvalue weighted by atomic mass is 16.5. The van der Waals surface area contributed by atoms with Crippen molar-refractivity contribution in [3.05, 3.63) is 28.8 Å². The third-order valence-electron chi connectivity index (χ3n) is 4.90. The lowest BCUT2D eigenvalue weighted by Gasteiger charge is -2.40. The van der Waals surface area contributed by atoms with Gasteiger partial charge in [0.25, 0.3) is 0 Å². The Morgan fingerprint density at radius 3 is 2.19 bits per heavy atom. The number of hydrogen-bond acceptors (Lipinski definition) is 3. The van der Waals surface area contributed by atoms with Crippen molar-refractivity contribution in [1.29, 1.82) is 0 Å². The molecule has 21 heavy (non-hydrogen) atoms. The van der Waals surface area contributed by atoms with Crippen LogP contribution in [0.5, 0.6) is 5.75 Å². The number of ether oxygens (including phenoxy) is 1. The van der Waals surface area contributed by atoms with Crippen LogP contribution in [-0.2, 0) is 0 Å². The molecule has 1 aliphatic rings. The SMILES string of the molecule is COc1cc(C)c(C(O)CN2C(C)CCCC2C)c(C)c1. The number of aryl methyl sites for hydroxylation is 2. The summed E-state index contributed by atoms with van der Waals surface area (Å²) in [6.45, 7) is 9.37. The fraction of sp³-hybridized carbons (Fsp3) is 0.667. The molecule has 1 heterocycles.